The molecule has 3 N–H and O–H groups in total. The first kappa shape index (κ1) is 16.4. The van der Waals surface area contributed by atoms with Crippen molar-refractivity contribution in [2.75, 3.05) is 19.6 Å². The Kier molecular flexibility index (Phi) is 5.77. The molecular weight excluding hydrogens is 242 g/mol. The number of nitrogens with two attached hydrogens (primary N) is 1. The maximum absolute atomic E-state index is 12.2. The summed E-state index contributed by atoms with van der Waals surface area (Å²) < 4.78 is 5.89. The highest BCUT2D eigenvalue weighted by molar-refractivity contribution is 5.81. The van der Waals surface area contributed by atoms with Gasteiger partial charge in [-0.25, -0.2) is 0 Å². The number of carbonyl (C=O) groups excluding carboxylic acids is 1. The predicted octanol–water partition coefficient (Wildman–Crippen LogP) is 0.728. The molecule has 1 aliphatic heterocycles. The Morgan fingerprint density at radius 1 is 1.53 bits per heavy atom. The standard InChI is InChI=1S/C14H29N3O2/c1-6-10(2)16-13(18)11(3)17-8-12(7-15)19-14(4,5)9-17/h10-12H,6-9,15H2,1-5H3,(H,16,18). The molecule has 0 aromatic rings. The summed E-state index contributed by atoms with van der Waals surface area (Å²) >= 11 is 0. The molecule has 5 nitrogen and oxygen atoms in total. The van der Waals surface area contributed by atoms with Gasteiger partial charge in [0.1, 0.15) is 0 Å². The smallest absolute Gasteiger partial charge is 0.237 e. The fourth-order valence-electron chi connectivity index (χ4n) is 2.39. The van der Waals surface area contributed by atoms with Crippen molar-refractivity contribution < 1.29 is 9.53 Å². The van der Waals surface area contributed by atoms with Gasteiger partial charge >= 0.3 is 0 Å². The van der Waals surface area contributed by atoms with Crippen LogP contribution in [0.25, 0.3) is 0 Å². The van der Waals surface area contributed by atoms with Gasteiger partial charge in [-0.05, 0) is 34.1 Å². The highest BCUT2D eigenvalue weighted by Crippen LogP contribution is 2.22. The van der Waals surface area contributed by atoms with Crippen molar-refractivity contribution in [2.24, 2.45) is 5.73 Å². The average Bonchev–Trinajstić information content (AvgIpc) is 2.35. The first-order valence-electron chi connectivity index (χ1n) is 7.21. The van der Waals surface area contributed by atoms with Crippen LogP contribution in [0.5, 0.6) is 0 Å². The summed E-state index contributed by atoms with van der Waals surface area (Å²) in [6.07, 6.45) is 0.945. The van der Waals surface area contributed by atoms with Gasteiger partial charge < -0.3 is 15.8 Å². The van der Waals surface area contributed by atoms with Crippen molar-refractivity contribution in [2.45, 2.75) is 64.8 Å². The zero-order valence-corrected chi connectivity index (χ0v) is 12.9. The van der Waals surface area contributed by atoms with Crippen molar-refractivity contribution in [3.8, 4) is 0 Å². The molecule has 0 radical (unpaired) electrons. The summed E-state index contributed by atoms with van der Waals surface area (Å²) in [6, 6.07) is 0.0699. The summed E-state index contributed by atoms with van der Waals surface area (Å²) in [7, 11) is 0. The number of nitrogens with one attached hydrogen (secondary N) is 1. The molecule has 0 spiro atoms. The molecule has 19 heavy (non-hydrogen) atoms. The molecule has 0 bridgehead atoms. The minimum absolute atomic E-state index is 0.00241. The van der Waals surface area contributed by atoms with E-state index in [1.54, 1.807) is 0 Å². The molecular formula is C14H29N3O2. The molecule has 0 aromatic carbocycles. The summed E-state index contributed by atoms with van der Waals surface area (Å²) in [5.41, 5.74) is 5.46. The number of ether oxygens (including phenoxy) is 1. The zero-order valence-electron chi connectivity index (χ0n) is 12.9. The molecule has 0 aromatic heterocycles. The second-order valence-electron chi connectivity index (χ2n) is 6.16. The Morgan fingerprint density at radius 2 is 2.16 bits per heavy atom. The molecule has 3 atom stereocenters. The van der Waals surface area contributed by atoms with E-state index in [1.165, 1.54) is 0 Å². The molecule has 1 aliphatic rings. The van der Waals surface area contributed by atoms with E-state index in [0.717, 1.165) is 19.5 Å². The summed E-state index contributed by atoms with van der Waals surface area (Å²) in [5.74, 6) is 0.0859. The van der Waals surface area contributed by atoms with Crippen LogP contribution in [0.4, 0.5) is 0 Å². The minimum Gasteiger partial charge on any atom is -0.368 e. The first-order valence-corrected chi connectivity index (χ1v) is 7.21. The quantitative estimate of drug-likeness (QED) is 0.773. The average molecular weight is 271 g/mol. The van der Waals surface area contributed by atoms with Gasteiger partial charge in [-0.15, -0.1) is 0 Å². The summed E-state index contributed by atoms with van der Waals surface area (Å²) in [5, 5.41) is 3.03. The second-order valence-corrected chi connectivity index (χ2v) is 6.16. The molecule has 112 valence electrons. The number of hydrogen-bond acceptors (Lipinski definition) is 4. The van der Waals surface area contributed by atoms with Crippen LogP contribution in [-0.4, -0.2) is 54.2 Å². The highest BCUT2D eigenvalue weighted by atomic mass is 16.5. The molecule has 1 rings (SSSR count). The van der Waals surface area contributed by atoms with Crippen molar-refractivity contribution in [1.82, 2.24) is 10.2 Å². The minimum atomic E-state index is -0.257. The van der Waals surface area contributed by atoms with E-state index in [2.05, 4.69) is 17.1 Å². The van der Waals surface area contributed by atoms with Gasteiger partial charge in [-0.1, -0.05) is 6.92 Å². The van der Waals surface area contributed by atoms with E-state index >= 15 is 0 Å². The first-order chi connectivity index (χ1) is 8.79. The largest absolute Gasteiger partial charge is 0.368 e. The Labute approximate surface area is 116 Å². The number of amides is 1. The van der Waals surface area contributed by atoms with Crippen LogP contribution in [0, 0.1) is 0 Å². The highest BCUT2D eigenvalue weighted by Gasteiger charge is 2.36. The van der Waals surface area contributed by atoms with E-state index in [0.29, 0.717) is 6.54 Å². The third-order valence-corrected chi connectivity index (χ3v) is 3.70. The van der Waals surface area contributed by atoms with Gasteiger partial charge in [0.25, 0.3) is 0 Å². The lowest BCUT2D eigenvalue weighted by molar-refractivity contribution is -0.150. The fourth-order valence-corrected chi connectivity index (χ4v) is 2.39. The Bertz CT molecular complexity index is 307. The molecule has 1 saturated heterocycles. The van der Waals surface area contributed by atoms with Gasteiger partial charge in [0.05, 0.1) is 17.7 Å². The number of nitrogens with zero attached hydrogens (tertiary/aromatic N) is 1. The Morgan fingerprint density at radius 3 is 2.68 bits per heavy atom. The third kappa shape index (κ3) is 4.75. The monoisotopic (exact) mass is 271 g/mol. The lowest BCUT2D eigenvalue weighted by Crippen LogP contribution is -2.60. The molecule has 1 amide bonds. The number of rotatable bonds is 5. The van der Waals surface area contributed by atoms with Crippen LogP contribution >= 0.6 is 0 Å². The van der Waals surface area contributed by atoms with E-state index in [-0.39, 0.29) is 29.7 Å². The second kappa shape index (κ2) is 6.68. The van der Waals surface area contributed by atoms with Crippen LogP contribution in [0.15, 0.2) is 0 Å². The van der Waals surface area contributed by atoms with Crippen molar-refractivity contribution in [3.63, 3.8) is 0 Å². The van der Waals surface area contributed by atoms with Gasteiger partial charge in [0.2, 0.25) is 5.91 Å². The topological polar surface area (TPSA) is 67.6 Å². The fraction of sp³-hybridized carbons (Fsp3) is 0.929. The molecule has 0 saturated carbocycles. The summed E-state index contributed by atoms with van der Waals surface area (Å²) in [6.45, 7) is 12.1. The SMILES string of the molecule is CCC(C)NC(=O)C(C)N1CC(CN)OC(C)(C)C1. The van der Waals surface area contributed by atoms with Crippen molar-refractivity contribution >= 4 is 5.91 Å². The maximum Gasteiger partial charge on any atom is 0.237 e. The van der Waals surface area contributed by atoms with E-state index in [1.807, 2.05) is 27.7 Å². The molecule has 3 unspecified atom stereocenters. The molecule has 1 heterocycles. The molecule has 1 fully saturated rings. The molecule has 5 heteroatoms. The lowest BCUT2D eigenvalue weighted by atomic mass is 10.0. The summed E-state index contributed by atoms with van der Waals surface area (Å²) in [4.78, 5) is 14.4. The van der Waals surface area contributed by atoms with Gasteiger partial charge in [-0.3, -0.25) is 9.69 Å². The van der Waals surface area contributed by atoms with Gasteiger partial charge in [0.15, 0.2) is 0 Å². The van der Waals surface area contributed by atoms with Gasteiger partial charge in [0, 0.05) is 25.7 Å². The van der Waals surface area contributed by atoms with Gasteiger partial charge in [-0.2, -0.15) is 0 Å². The lowest BCUT2D eigenvalue weighted by Gasteiger charge is -2.44. The molecule has 0 aliphatic carbocycles. The number of morpholine rings is 1. The van der Waals surface area contributed by atoms with E-state index in [9.17, 15) is 4.79 Å². The van der Waals surface area contributed by atoms with Crippen LogP contribution in [0.3, 0.4) is 0 Å². The van der Waals surface area contributed by atoms with Crippen molar-refractivity contribution in [3.05, 3.63) is 0 Å². The van der Waals surface area contributed by atoms with Crippen LogP contribution in [0.2, 0.25) is 0 Å². The normalized spacial score (nSPS) is 26.7. The van der Waals surface area contributed by atoms with Crippen LogP contribution in [0.1, 0.15) is 41.0 Å². The van der Waals surface area contributed by atoms with E-state index < -0.39 is 0 Å². The zero-order chi connectivity index (χ0) is 14.6. The number of carbonyl (C=O) groups is 1. The third-order valence-electron chi connectivity index (χ3n) is 3.70. The Hall–Kier alpha value is -0.650. The van der Waals surface area contributed by atoms with E-state index in [4.69, 9.17) is 10.5 Å². The number of hydrogen-bond donors (Lipinski definition) is 2. The maximum atomic E-state index is 12.2. The van der Waals surface area contributed by atoms with Crippen LogP contribution < -0.4 is 11.1 Å². The predicted molar refractivity (Wildman–Crippen MR) is 76.9 cm³/mol. The van der Waals surface area contributed by atoms with Crippen LogP contribution in [-0.2, 0) is 9.53 Å². The Balaban J connectivity index is 2.64. The van der Waals surface area contributed by atoms with Crippen molar-refractivity contribution in [1.29, 1.82) is 0 Å².